The molecule has 198 valence electrons. The second-order valence-electron chi connectivity index (χ2n) is 10.7. The van der Waals surface area contributed by atoms with E-state index in [0.717, 1.165) is 11.6 Å². The van der Waals surface area contributed by atoms with Crippen molar-refractivity contribution in [2.24, 2.45) is 0 Å². The second-order valence-corrected chi connectivity index (χ2v) is 19.8. The van der Waals surface area contributed by atoms with Crippen molar-refractivity contribution < 1.29 is 32.3 Å². The molecule has 1 aliphatic rings. The van der Waals surface area contributed by atoms with Crippen molar-refractivity contribution in [3.8, 4) is 0 Å². The molecule has 1 fully saturated rings. The van der Waals surface area contributed by atoms with Crippen molar-refractivity contribution in [3.05, 3.63) is 59.7 Å². The lowest BCUT2D eigenvalue weighted by Crippen LogP contribution is -2.45. The molecule has 3 rings (SSSR count). The van der Waals surface area contributed by atoms with Crippen molar-refractivity contribution in [2.45, 2.75) is 67.6 Å². The van der Waals surface area contributed by atoms with Gasteiger partial charge in [0.05, 0.1) is 11.0 Å². The van der Waals surface area contributed by atoms with Gasteiger partial charge >= 0.3 is 10.2 Å². The summed E-state index contributed by atoms with van der Waals surface area (Å²) in [4.78, 5) is -1.94. The Morgan fingerprint density at radius 2 is 1.54 bits per heavy atom. The third-order valence-corrected chi connectivity index (χ3v) is 14.4. The highest BCUT2D eigenvalue weighted by Gasteiger charge is 2.65. The van der Waals surface area contributed by atoms with E-state index in [2.05, 4.69) is 0 Å². The van der Waals surface area contributed by atoms with E-state index in [1.54, 1.807) is 12.1 Å². The molecule has 35 heavy (non-hydrogen) atoms. The number of halogens is 5. The SMILES string of the molecule is Cc1ccc(S(=O)(=O)N2C[C@@H](O[Si](C)(C)C(C)(C)C)[C@H](c3cccc(S(F)(F)(F)(F)F)c3)C2)cc1. The first-order valence-electron chi connectivity index (χ1n) is 11.1. The van der Waals surface area contributed by atoms with E-state index in [1.807, 2.05) is 40.8 Å². The van der Waals surface area contributed by atoms with Crippen LogP contribution in [0.1, 0.15) is 37.8 Å². The van der Waals surface area contributed by atoms with E-state index in [9.17, 15) is 27.8 Å². The molecular formula is C23H32F5NO3S2Si. The summed E-state index contributed by atoms with van der Waals surface area (Å²) < 4.78 is 102. The summed E-state index contributed by atoms with van der Waals surface area (Å²) >= 11 is 0. The fourth-order valence-electron chi connectivity index (χ4n) is 3.77. The monoisotopic (exact) mass is 557 g/mol. The van der Waals surface area contributed by atoms with E-state index in [1.165, 1.54) is 22.5 Å². The summed E-state index contributed by atoms with van der Waals surface area (Å²) in [6, 6.07) is 9.29. The molecule has 1 aliphatic heterocycles. The van der Waals surface area contributed by atoms with Gasteiger partial charge in [-0.1, -0.05) is 70.0 Å². The quantitative estimate of drug-likeness (QED) is 0.269. The van der Waals surface area contributed by atoms with E-state index in [0.29, 0.717) is 12.1 Å². The maximum absolute atomic E-state index is 13.5. The summed E-state index contributed by atoms with van der Waals surface area (Å²) in [6.07, 6.45) is -0.787. The molecule has 0 aliphatic carbocycles. The fraction of sp³-hybridized carbons (Fsp3) is 0.478. The molecule has 2 aromatic carbocycles. The van der Waals surface area contributed by atoms with Crippen LogP contribution in [0.4, 0.5) is 19.4 Å². The summed E-state index contributed by atoms with van der Waals surface area (Å²) in [6.45, 7) is 11.4. The van der Waals surface area contributed by atoms with Crippen molar-refractivity contribution in [1.29, 1.82) is 0 Å². The van der Waals surface area contributed by atoms with Gasteiger partial charge in [-0.2, -0.15) is 4.31 Å². The molecule has 0 aromatic heterocycles. The number of rotatable bonds is 6. The summed E-state index contributed by atoms with van der Waals surface area (Å²) in [5.74, 6) is -0.843. The highest BCUT2D eigenvalue weighted by molar-refractivity contribution is 8.45. The lowest BCUT2D eigenvalue weighted by Gasteiger charge is -2.41. The number of sulfonamides is 1. The largest absolute Gasteiger partial charge is 0.412 e. The van der Waals surface area contributed by atoms with Crippen LogP contribution in [0.2, 0.25) is 18.1 Å². The summed E-state index contributed by atoms with van der Waals surface area (Å²) in [5, 5.41) is -0.257. The Hall–Kier alpha value is -1.47. The van der Waals surface area contributed by atoms with Gasteiger partial charge in [-0.25, -0.2) is 8.42 Å². The van der Waals surface area contributed by atoms with Crippen molar-refractivity contribution >= 4 is 28.6 Å². The van der Waals surface area contributed by atoms with Crippen LogP contribution in [0.5, 0.6) is 0 Å². The maximum atomic E-state index is 13.5. The lowest BCUT2D eigenvalue weighted by molar-refractivity contribution is 0.178. The Morgan fingerprint density at radius 3 is 2.06 bits per heavy atom. The predicted octanol–water partition coefficient (Wildman–Crippen LogP) is 7.83. The average molecular weight is 558 g/mol. The van der Waals surface area contributed by atoms with Gasteiger partial charge in [-0.15, -0.1) is 0 Å². The summed E-state index contributed by atoms with van der Waals surface area (Å²) in [7, 11) is -16.4. The van der Waals surface area contributed by atoms with E-state index < -0.39 is 45.5 Å². The van der Waals surface area contributed by atoms with Crippen LogP contribution in [-0.2, 0) is 14.4 Å². The molecular weight excluding hydrogens is 525 g/mol. The number of hydrogen-bond acceptors (Lipinski definition) is 3. The molecule has 0 bridgehead atoms. The Balaban J connectivity index is 2.06. The van der Waals surface area contributed by atoms with Gasteiger partial charge in [0.1, 0.15) is 4.90 Å². The molecule has 2 atom stereocenters. The predicted molar refractivity (Wildman–Crippen MR) is 133 cm³/mol. The number of aryl methyl sites for hydroxylation is 1. The zero-order valence-electron chi connectivity index (χ0n) is 20.6. The molecule has 0 saturated carbocycles. The molecule has 0 unspecified atom stereocenters. The molecule has 0 amide bonds. The van der Waals surface area contributed by atoms with E-state index in [-0.39, 0.29) is 28.6 Å². The maximum Gasteiger partial charge on any atom is 0.310 e. The van der Waals surface area contributed by atoms with Crippen LogP contribution >= 0.6 is 10.2 Å². The first-order valence-corrected chi connectivity index (χ1v) is 17.4. The Kier molecular flexibility index (Phi) is 6.43. The Morgan fingerprint density at radius 1 is 0.971 bits per heavy atom. The second kappa shape index (κ2) is 8.01. The molecule has 1 heterocycles. The Labute approximate surface area is 205 Å². The molecule has 0 spiro atoms. The number of hydrogen-bond donors (Lipinski definition) is 0. The van der Waals surface area contributed by atoms with Gasteiger partial charge in [0.15, 0.2) is 8.32 Å². The van der Waals surface area contributed by atoms with Crippen LogP contribution in [0, 0.1) is 6.92 Å². The van der Waals surface area contributed by atoms with E-state index in [4.69, 9.17) is 4.43 Å². The molecule has 4 nitrogen and oxygen atoms in total. The van der Waals surface area contributed by atoms with Crippen LogP contribution in [0.25, 0.3) is 0 Å². The molecule has 0 N–H and O–H groups in total. The van der Waals surface area contributed by atoms with E-state index >= 15 is 0 Å². The van der Waals surface area contributed by atoms with Gasteiger partial charge in [0.25, 0.3) is 0 Å². The zero-order valence-corrected chi connectivity index (χ0v) is 23.2. The first kappa shape index (κ1) is 28.1. The minimum Gasteiger partial charge on any atom is -0.412 e. The molecule has 1 saturated heterocycles. The Bertz CT molecular complexity index is 1210. The van der Waals surface area contributed by atoms with Gasteiger partial charge in [-0.05, 0) is 54.9 Å². The van der Waals surface area contributed by atoms with Crippen LogP contribution in [0.3, 0.4) is 0 Å². The van der Waals surface area contributed by atoms with Crippen LogP contribution < -0.4 is 0 Å². The first-order chi connectivity index (χ1) is 15.5. The minimum absolute atomic E-state index is 0.0268. The summed E-state index contributed by atoms with van der Waals surface area (Å²) in [5.41, 5.74) is 0.844. The number of benzene rings is 2. The van der Waals surface area contributed by atoms with Crippen LogP contribution in [-0.4, -0.2) is 40.2 Å². The smallest absolute Gasteiger partial charge is 0.310 e. The minimum atomic E-state index is -9.91. The lowest BCUT2D eigenvalue weighted by atomic mass is 9.96. The average Bonchev–Trinajstić information content (AvgIpc) is 3.10. The van der Waals surface area contributed by atoms with Crippen molar-refractivity contribution in [2.75, 3.05) is 13.1 Å². The van der Waals surface area contributed by atoms with Crippen LogP contribution in [0.15, 0.2) is 58.3 Å². The number of nitrogens with zero attached hydrogens (tertiary/aromatic N) is 1. The van der Waals surface area contributed by atoms with Crippen molar-refractivity contribution in [1.82, 2.24) is 4.31 Å². The third kappa shape index (κ3) is 6.09. The molecule has 0 radical (unpaired) electrons. The highest BCUT2D eigenvalue weighted by Crippen LogP contribution is 3.02. The van der Waals surface area contributed by atoms with Crippen molar-refractivity contribution in [3.63, 3.8) is 0 Å². The fourth-order valence-corrected chi connectivity index (χ4v) is 7.30. The van der Waals surface area contributed by atoms with Gasteiger partial charge in [-0.3, -0.25) is 0 Å². The van der Waals surface area contributed by atoms with Gasteiger partial charge < -0.3 is 4.43 Å². The standard InChI is InChI=1S/C23H32F5NO3S2Si/c1-17-10-12-19(13-11-17)33(30,31)29-15-21(22(16-29)32-35(5,6)23(2,3)4)18-8-7-9-20(14-18)34(24,25,26,27)28/h7-14,21-22H,15-16H2,1-6H3/t21-,22+/m0/s1. The normalized spacial score (nSPS) is 22.6. The molecule has 2 aromatic rings. The third-order valence-electron chi connectivity index (χ3n) is 6.88. The molecule has 12 heteroatoms. The van der Waals surface area contributed by atoms with Gasteiger partial charge in [0.2, 0.25) is 10.0 Å². The zero-order chi connectivity index (χ0) is 26.7. The van der Waals surface area contributed by atoms with Gasteiger partial charge in [0, 0.05) is 19.0 Å². The highest BCUT2D eigenvalue weighted by atomic mass is 32.5. The topological polar surface area (TPSA) is 46.6 Å².